The number of halogens is 2. The summed E-state index contributed by atoms with van der Waals surface area (Å²) in [5, 5.41) is 1.26. The Morgan fingerprint density at radius 2 is 1.58 bits per heavy atom. The number of benzene rings is 3. The van der Waals surface area contributed by atoms with E-state index in [-0.39, 0.29) is 11.8 Å². The Kier molecular flexibility index (Phi) is 5.43. The molecule has 1 aliphatic rings. The molecule has 156 valence electrons. The van der Waals surface area contributed by atoms with Crippen LogP contribution in [0.2, 0.25) is 10.0 Å². The first-order chi connectivity index (χ1) is 15.1. The number of aromatic nitrogens is 2. The van der Waals surface area contributed by atoms with E-state index < -0.39 is 0 Å². The number of hydrogen-bond donors (Lipinski definition) is 0. The van der Waals surface area contributed by atoms with Gasteiger partial charge >= 0.3 is 0 Å². The quantitative estimate of drug-likeness (QED) is 0.379. The van der Waals surface area contributed by atoms with Gasteiger partial charge in [-0.05, 0) is 29.8 Å². The maximum Gasteiger partial charge on any atom is 0.223 e. The Morgan fingerprint density at radius 3 is 2.35 bits per heavy atom. The highest BCUT2D eigenvalue weighted by Crippen LogP contribution is 2.33. The number of nitrogens with zero attached hydrogens (tertiary/aromatic N) is 3. The van der Waals surface area contributed by atoms with E-state index in [4.69, 9.17) is 28.2 Å². The zero-order valence-electron chi connectivity index (χ0n) is 16.8. The van der Waals surface area contributed by atoms with Crippen molar-refractivity contribution in [3.63, 3.8) is 0 Å². The second-order valence-corrected chi connectivity index (χ2v) is 8.72. The minimum Gasteiger partial charge on any atom is -0.338 e. The van der Waals surface area contributed by atoms with Gasteiger partial charge in [0.25, 0.3) is 0 Å². The van der Waals surface area contributed by atoms with Crippen molar-refractivity contribution in [2.45, 2.75) is 25.4 Å². The van der Waals surface area contributed by atoms with Crippen LogP contribution in [0, 0.1) is 0 Å². The number of hydrogen-bond acceptors (Lipinski definition) is 2. The Balaban J connectivity index is 1.50. The van der Waals surface area contributed by atoms with Crippen LogP contribution in [0.25, 0.3) is 11.0 Å². The van der Waals surface area contributed by atoms with Gasteiger partial charge in [0.2, 0.25) is 5.91 Å². The van der Waals surface area contributed by atoms with E-state index in [1.165, 1.54) is 0 Å². The number of carbonyl (C=O) groups excluding carboxylic acids is 1. The smallest absolute Gasteiger partial charge is 0.223 e. The molecule has 1 fully saturated rings. The van der Waals surface area contributed by atoms with Crippen LogP contribution in [-0.2, 0) is 17.9 Å². The molecular weight excluding hydrogens is 429 g/mol. The van der Waals surface area contributed by atoms with Gasteiger partial charge in [-0.3, -0.25) is 4.79 Å². The third-order valence-corrected chi connectivity index (χ3v) is 6.57. The van der Waals surface area contributed by atoms with E-state index in [0.29, 0.717) is 36.1 Å². The first kappa shape index (κ1) is 20.1. The lowest BCUT2D eigenvalue weighted by Crippen LogP contribution is -2.24. The van der Waals surface area contributed by atoms with E-state index in [1.54, 1.807) is 0 Å². The molecule has 2 heterocycles. The second kappa shape index (κ2) is 8.37. The highest BCUT2D eigenvalue weighted by Gasteiger charge is 2.34. The molecule has 0 bridgehead atoms. The summed E-state index contributed by atoms with van der Waals surface area (Å²) < 4.78 is 2.16. The molecule has 0 aliphatic carbocycles. The number of likely N-dealkylation sites (tertiary alicyclic amines) is 1. The van der Waals surface area contributed by atoms with Crippen molar-refractivity contribution < 1.29 is 4.79 Å². The van der Waals surface area contributed by atoms with Gasteiger partial charge in [-0.2, -0.15) is 0 Å². The molecule has 3 aromatic carbocycles. The molecule has 0 radical (unpaired) electrons. The second-order valence-electron chi connectivity index (χ2n) is 7.91. The normalized spacial score (nSPS) is 16.4. The fourth-order valence-corrected chi connectivity index (χ4v) is 4.83. The molecule has 1 amide bonds. The van der Waals surface area contributed by atoms with Gasteiger partial charge in [-0.25, -0.2) is 4.98 Å². The van der Waals surface area contributed by atoms with Gasteiger partial charge in [0.1, 0.15) is 5.82 Å². The molecule has 0 spiro atoms. The van der Waals surface area contributed by atoms with Crippen molar-refractivity contribution in [3.8, 4) is 0 Å². The molecule has 0 saturated carbocycles. The zero-order chi connectivity index (χ0) is 21.4. The predicted octanol–water partition coefficient (Wildman–Crippen LogP) is 5.91. The van der Waals surface area contributed by atoms with Gasteiger partial charge in [0, 0.05) is 41.0 Å². The minimum atomic E-state index is 0.0184. The number of rotatable bonds is 5. The lowest BCUT2D eigenvalue weighted by Gasteiger charge is -2.18. The summed E-state index contributed by atoms with van der Waals surface area (Å²) in [5.41, 5.74) is 3.92. The van der Waals surface area contributed by atoms with Crippen LogP contribution in [0.5, 0.6) is 0 Å². The highest BCUT2D eigenvalue weighted by atomic mass is 35.5. The molecule has 1 atom stereocenters. The number of imidazole rings is 1. The van der Waals surface area contributed by atoms with Crippen LogP contribution < -0.4 is 0 Å². The molecule has 31 heavy (non-hydrogen) atoms. The maximum absolute atomic E-state index is 12.8. The van der Waals surface area contributed by atoms with Crippen LogP contribution in [0.3, 0.4) is 0 Å². The summed E-state index contributed by atoms with van der Waals surface area (Å²) in [4.78, 5) is 19.6. The molecule has 6 heteroatoms. The first-order valence-electron chi connectivity index (χ1n) is 10.3. The fraction of sp³-hybridized carbons (Fsp3) is 0.200. The summed E-state index contributed by atoms with van der Waals surface area (Å²) in [6.07, 6.45) is 0.451. The van der Waals surface area contributed by atoms with Gasteiger partial charge in [-0.15, -0.1) is 0 Å². The Hall–Kier alpha value is -2.82. The minimum absolute atomic E-state index is 0.0184. The summed E-state index contributed by atoms with van der Waals surface area (Å²) >= 11 is 12.9. The summed E-state index contributed by atoms with van der Waals surface area (Å²) in [6, 6.07) is 23.7. The summed E-state index contributed by atoms with van der Waals surface area (Å²) in [7, 11) is 0. The largest absolute Gasteiger partial charge is 0.338 e. The van der Waals surface area contributed by atoms with E-state index in [0.717, 1.165) is 28.0 Å². The number of carbonyl (C=O) groups is 1. The van der Waals surface area contributed by atoms with Gasteiger partial charge < -0.3 is 9.47 Å². The molecule has 4 nitrogen and oxygen atoms in total. The molecule has 1 aliphatic heterocycles. The topological polar surface area (TPSA) is 38.1 Å². The summed E-state index contributed by atoms with van der Waals surface area (Å²) in [6.45, 7) is 1.78. The molecule has 5 rings (SSSR count). The molecule has 0 N–H and O–H groups in total. The van der Waals surface area contributed by atoms with Crippen LogP contribution in [0.4, 0.5) is 0 Å². The maximum atomic E-state index is 12.8. The Bertz CT molecular complexity index is 1230. The zero-order valence-corrected chi connectivity index (χ0v) is 18.4. The average Bonchev–Trinajstić information content (AvgIpc) is 3.32. The Morgan fingerprint density at radius 1 is 0.871 bits per heavy atom. The molecule has 1 aromatic heterocycles. The summed E-state index contributed by atoms with van der Waals surface area (Å²) in [5.74, 6) is 1.08. The van der Waals surface area contributed by atoms with E-state index in [9.17, 15) is 4.79 Å². The predicted molar refractivity (Wildman–Crippen MR) is 125 cm³/mol. The van der Waals surface area contributed by atoms with Crippen molar-refractivity contribution in [2.75, 3.05) is 6.54 Å². The molecule has 4 aromatic rings. The highest BCUT2D eigenvalue weighted by molar-refractivity contribution is 6.36. The molecule has 1 saturated heterocycles. The van der Waals surface area contributed by atoms with Crippen LogP contribution in [0.15, 0.2) is 72.8 Å². The monoisotopic (exact) mass is 449 g/mol. The lowest BCUT2D eigenvalue weighted by molar-refractivity contribution is -0.128. The third kappa shape index (κ3) is 3.93. The van der Waals surface area contributed by atoms with Crippen molar-refractivity contribution in [1.82, 2.24) is 14.5 Å². The number of amides is 1. The Labute approximate surface area is 191 Å². The van der Waals surface area contributed by atoms with Gasteiger partial charge in [-0.1, -0.05) is 71.7 Å². The molecular formula is C25H21Cl2N3O. The van der Waals surface area contributed by atoms with E-state index in [1.807, 2.05) is 59.5 Å². The van der Waals surface area contributed by atoms with Crippen molar-refractivity contribution in [2.24, 2.45) is 0 Å². The number of fused-ring (bicyclic) bond motifs is 1. The average molecular weight is 450 g/mol. The first-order valence-corrected chi connectivity index (χ1v) is 11.1. The third-order valence-electron chi connectivity index (χ3n) is 5.86. The van der Waals surface area contributed by atoms with Crippen molar-refractivity contribution in [1.29, 1.82) is 0 Å². The SMILES string of the molecule is O=C1CC(c2nc3ccccc3n2Cc2c(Cl)cccc2Cl)CN1Cc1ccccc1. The van der Waals surface area contributed by atoms with Gasteiger partial charge in [0.15, 0.2) is 0 Å². The lowest BCUT2D eigenvalue weighted by atomic mass is 10.1. The fourth-order valence-electron chi connectivity index (χ4n) is 4.32. The van der Waals surface area contributed by atoms with Crippen LogP contribution in [0.1, 0.15) is 29.3 Å². The standard InChI is InChI=1S/C25H21Cl2N3O/c26-20-9-6-10-21(27)19(20)16-30-23-12-5-4-11-22(23)28-25(30)18-13-24(31)29(15-18)14-17-7-2-1-3-8-17/h1-12,18H,13-16H2. The van der Waals surface area contributed by atoms with Crippen LogP contribution in [-0.4, -0.2) is 26.9 Å². The van der Waals surface area contributed by atoms with E-state index >= 15 is 0 Å². The number of para-hydroxylation sites is 2. The molecule has 1 unspecified atom stereocenters. The van der Waals surface area contributed by atoms with E-state index in [2.05, 4.69) is 22.8 Å². The van der Waals surface area contributed by atoms with Crippen LogP contribution >= 0.6 is 23.2 Å². The van der Waals surface area contributed by atoms with Crippen molar-refractivity contribution in [3.05, 3.63) is 99.8 Å². The van der Waals surface area contributed by atoms with Crippen molar-refractivity contribution >= 4 is 40.1 Å². The van der Waals surface area contributed by atoms with Gasteiger partial charge in [0.05, 0.1) is 17.6 Å².